The number of carbonyl (C=O) groups excluding carboxylic acids is 1. The van der Waals surface area contributed by atoms with Crippen LogP contribution in [0.3, 0.4) is 0 Å². The van der Waals surface area contributed by atoms with E-state index in [0.717, 1.165) is 50.8 Å². The molecule has 1 fully saturated rings. The maximum Gasteiger partial charge on any atom is 0.259 e. The Hall–Kier alpha value is -2.88. The van der Waals surface area contributed by atoms with Gasteiger partial charge in [-0.05, 0) is 43.4 Å². The molecular weight excluding hydrogens is 336 g/mol. The van der Waals surface area contributed by atoms with Gasteiger partial charge in [-0.25, -0.2) is 0 Å². The van der Waals surface area contributed by atoms with E-state index >= 15 is 0 Å². The zero-order chi connectivity index (χ0) is 18.6. The van der Waals surface area contributed by atoms with Gasteiger partial charge in [0.25, 0.3) is 5.91 Å². The maximum atomic E-state index is 13.0. The number of carbonyl (C=O) groups is 1. The van der Waals surface area contributed by atoms with Crippen LogP contribution in [0.15, 0.2) is 65.6 Å². The molecule has 0 atom stereocenters. The van der Waals surface area contributed by atoms with Crippen molar-refractivity contribution in [3.8, 4) is 0 Å². The Bertz CT molecular complexity index is 1000. The predicted octanol–water partition coefficient (Wildman–Crippen LogP) is 3.87. The molecule has 0 radical (unpaired) electrons. The fourth-order valence-electron chi connectivity index (χ4n) is 3.84. The molecule has 2 aromatic carbocycles. The maximum absolute atomic E-state index is 13.0. The molecule has 0 aliphatic carbocycles. The minimum absolute atomic E-state index is 0.126. The third kappa shape index (κ3) is 3.65. The van der Waals surface area contributed by atoms with Gasteiger partial charge in [-0.3, -0.25) is 9.59 Å². The zero-order valence-corrected chi connectivity index (χ0v) is 15.4. The first-order chi connectivity index (χ1) is 13.2. The number of pyridine rings is 1. The van der Waals surface area contributed by atoms with Crippen LogP contribution < -0.4 is 5.43 Å². The van der Waals surface area contributed by atoms with Crippen LogP contribution in [0.25, 0.3) is 10.9 Å². The average Bonchev–Trinajstić information content (AvgIpc) is 2.74. The van der Waals surface area contributed by atoms with E-state index in [0.29, 0.717) is 10.9 Å². The lowest BCUT2D eigenvalue weighted by Gasteiger charge is -2.27. The van der Waals surface area contributed by atoms with Crippen molar-refractivity contribution in [1.29, 1.82) is 0 Å². The van der Waals surface area contributed by atoms with Crippen molar-refractivity contribution in [2.75, 3.05) is 13.1 Å². The van der Waals surface area contributed by atoms with Crippen molar-refractivity contribution in [2.45, 2.75) is 32.2 Å². The number of piperidine rings is 1. The molecule has 1 aromatic heterocycles. The summed E-state index contributed by atoms with van der Waals surface area (Å²) in [4.78, 5) is 27.8. The SMILES string of the molecule is O=C(c1cn(CCc2ccccc2)c2ccccc2c1=O)N1CCCCC1. The van der Waals surface area contributed by atoms with Crippen molar-refractivity contribution >= 4 is 16.8 Å². The highest BCUT2D eigenvalue weighted by Crippen LogP contribution is 2.16. The van der Waals surface area contributed by atoms with Gasteiger partial charge in [0.2, 0.25) is 5.43 Å². The Morgan fingerprint density at radius 3 is 2.37 bits per heavy atom. The van der Waals surface area contributed by atoms with Crippen molar-refractivity contribution < 1.29 is 4.79 Å². The fraction of sp³-hybridized carbons (Fsp3) is 0.304. The van der Waals surface area contributed by atoms with Gasteiger partial charge < -0.3 is 9.47 Å². The van der Waals surface area contributed by atoms with Gasteiger partial charge in [0, 0.05) is 31.2 Å². The van der Waals surface area contributed by atoms with Crippen molar-refractivity contribution in [1.82, 2.24) is 9.47 Å². The van der Waals surface area contributed by atoms with Gasteiger partial charge >= 0.3 is 0 Å². The van der Waals surface area contributed by atoms with E-state index < -0.39 is 0 Å². The average molecular weight is 360 g/mol. The predicted molar refractivity (Wildman–Crippen MR) is 108 cm³/mol. The van der Waals surface area contributed by atoms with Crippen LogP contribution in [-0.4, -0.2) is 28.5 Å². The van der Waals surface area contributed by atoms with E-state index in [1.54, 1.807) is 6.20 Å². The fourth-order valence-corrected chi connectivity index (χ4v) is 3.84. The largest absolute Gasteiger partial charge is 0.346 e. The number of hydrogen-bond acceptors (Lipinski definition) is 2. The van der Waals surface area contributed by atoms with Crippen molar-refractivity contribution in [3.63, 3.8) is 0 Å². The molecule has 0 bridgehead atoms. The first-order valence-electron chi connectivity index (χ1n) is 9.69. The standard InChI is InChI=1S/C23H24N2O2/c26-22-19-11-5-6-12-21(19)25(16-13-18-9-3-1-4-10-18)17-20(22)23(27)24-14-7-2-8-15-24/h1,3-6,9-12,17H,2,7-8,13-16H2. The normalized spacial score (nSPS) is 14.4. The smallest absolute Gasteiger partial charge is 0.259 e. The van der Waals surface area contributed by atoms with Gasteiger partial charge in [-0.15, -0.1) is 0 Å². The Labute approximate surface area is 159 Å². The van der Waals surface area contributed by atoms with E-state index in [-0.39, 0.29) is 11.3 Å². The van der Waals surface area contributed by atoms with Crippen LogP contribution in [0.2, 0.25) is 0 Å². The van der Waals surface area contributed by atoms with Gasteiger partial charge in [-0.1, -0.05) is 42.5 Å². The molecule has 4 rings (SSSR count). The molecule has 1 aliphatic rings. The molecule has 1 saturated heterocycles. The van der Waals surface area contributed by atoms with Gasteiger partial charge in [-0.2, -0.15) is 0 Å². The Kier molecular flexibility index (Phi) is 5.05. The summed E-state index contributed by atoms with van der Waals surface area (Å²) in [5.41, 5.74) is 2.26. The molecule has 1 amide bonds. The Morgan fingerprint density at radius 1 is 0.889 bits per heavy atom. The molecule has 27 heavy (non-hydrogen) atoms. The lowest BCUT2D eigenvalue weighted by atomic mass is 10.1. The van der Waals surface area contributed by atoms with Crippen LogP contribution in [0.5, 0.6) is 0 Å². The number of aromatic nitrogens is 1. The summed E-state index contributed by atoms with van der Waals surface area (Å²) in [5, 5.41) is 0.619. The third-order valence-electron chi connectivity index (χ3n) is 5.35. The molecule has 2 heterocycles. The van der Waals surface area contributed by atoms with Crippen molar-refractivity contribution in [3.05, 3.63) is 82.1 Å². The molecule has 4 nitrogen and oxygen atoms in total. The van der Waals surface area contributed by atoms with Crippen LogP contribution in [0, 0.1) is 0 Å². The number of nitrogens with zero attached hydrogens (tertiary/aromatic N) is 2. The van der Waals surface area contributed by atoms with Gasteiger partial charge in [0.05, 0.1) is 5.52 Å². The summed E-state index contributed by atoms with van der Waals surface area (Å²) >= 11 is 0. The highest BCUT2D eigenvalue weighted by molar-refractivity contribution is 5.97. The molecule has 3 aromatic rings. The lowest BCUT2D eigenvalue weighted by Crippen LogP contribution is -2.38. The molecule has 1 aliphatic heterocycles. The van der Waals surface area contributed by atoms with Crippen LogP contribution in [0.4, 0.5) is 0 Å². The van der Waals surface area contributed by atoms with Crippen LogP contribution in [-0.2, 0) is 13.0 Å². The Balaban J connectivity index is 1.72. The topological polar surface area (TPSA) is 42.3 Å². The monoisotopic (exact) mass is 360 g/mol. The van der Waals surface area contributed by atoms with E-state index in [9.17, 15) is 9.59 Å². The minimum Gasteiger partial charge on any atom is -0.346 e. The van der Waals surface area contributed by atoms with Crippen LogP contribution in [0.1, 0.15) is 35.2 Å². The number of benzene rings is 2. The van der Waals surface area contributed by atoms with Gasteiger partial charge in [0.1, 0.15) is 5.56 Å². The summed E-state index contributed by atoms with van der Waals surface area (Å²) in [7, 11) is 0. The van der Waals surface area contributed by atoms with E-state index in [2.05, 4.69) is 16.7 Å². The quantitative estimate of drug-likeness (QED) is 0.709. The number of rotatable bonds is 4. The zero-order valence-electron chi connectivity index (χ0n) is 15.4. The molecule has 138 valence electrons. The summed E-state index contributed by atoms with van der Waals surface area (Å²) in [6.07, 6.45) is 5.81. The summed E-state index contributed by atoms with van der Waals surface area (Å²) < 4.78 is 2.06. The number of para-hydroxylation sites is 1. The molecular formula is C23H24N2O2. The molecule has 4 heteroatoms. The second-order valence-electron chi connectivity index (χ2n) is 7.17. The minimum atomic E-state index is -0.155. The number of hydrogen-bond donors (Lipinski definition) is 0. The third-order valence-corrected chi connectivity index (χ3v) is 5.35. The van der Waals surface area contributed by atoms with E-state index in [4.69, 9.17) is 0 Å². The highest BCUT2D eigenvalue weighted by Gasteiger charge is 2.22. The highest BCUT2D eigenvalue weighted by atomic mass is 16.2. The molecule has 0 spiro atoms. The molecule has 0 unspecified atom stereocenters. The number of amides is 1. The van der Waals surface area contributed by atoms with Crippen LogP contribution >= 0.6 is 0 Å². The number of aryl methyl sites for hydroxylation is 2. The summed E-state index contributed by atoms with van der Waals surface area (Å²) in [5.74, 6) is -0.126. The second-order valence-corrected chi connectivity index (χ2v) is 7.17. The summed E-state index contributed by atoms with van der Waals surface area (Å²) in [6.45, 7) is 2.22. The van der Waals surface area contributed by atoms with E-state index in [1.165, 1.54) is 5.56 Å². The summed E-state index contributed by atoms with van der Waals surface area (Å²) in [6, 6.07) is 17.9. The van der Waals surface area contributed by atoms with E-state index in [1.807, 2.05) is 47.4 Å². The van der Waals surface area contributed by atoms with Crippen molar-refractivity contribution in [2.24, 2.45) is 0 Å². The first kappa shape index (κ1) is 17.5. The first-order valence-corrected chi connectivity index (χ1v) is 9.69. The number of fused-ring (bicyclic) bond motifs is 1. The van der Waals surface area contributed by atoms with Gasteiger partial charge in [0.15, 0.2) is 0 Å². The molecule has 0 saturated carbocycles. The second kappa shape index (κ2) is 7.78. The lowest BCUT2D eigenvalue weighted by molar-refractivity contribution is 0.0722. The Morgan fingerprint density at radius 2 is 1.59 bits per heavy atom. The number of likely N-dealkylation sites (tertiary alicyclic amines) is 1. The molecule has 0 N–H and O–H groups in total.